The van der Waals surface area contributed by atoms with Gasteiger partial charge in [0, 0.05) is 21.1 Å². The average molecular weight is 314 g/mol. The van der Waals surface area contributed by atoms with E-state index < -0.39 is 0 Å². The molecule has 0 spiro atoms. The zero-order valence-electron chi connectivity index (χ0n) is 2.12. The van der Waals surface area contributed by atoms with Gasteiger partial charge in [-0.05, 0) is 21.0 Å². The molecule has 0 atom stereocenters. The zero-order valence-corrected chi connectivity index (χ0v) is 8.47. The maximum absolute atomic E-state index is 4.41. The summed E-state index contributed by atoms with van der Waals surface area (Å²) in [4.78, 5) is 0. The Hall–Kier alpha value is 1.96. The molecule has 0 aliphatic rings. The minimum atomic E-state index is 0. The largest absolute Gasteiger partial charge is 0.0997 e. The van der Waals surface area contributed by atoms with Crippen LogP contribution in [0.3, 0.4) is 0 Å². The molecule has 0 saturated carbocycles. The normalized spacial score (nSPS) is 5.80. The Kier molecular flexibility index (Phi) is 18.8. The fraction of sp³-hybridized carbons (Fsp3) is 0. The molecule has 0 bridgehead atoms. The Morgan fingerprint density at radius 2 is 2.00 bits per heavy atom. The Morgan fingerprint density at radius 1 is 1.80 bits per heavy atom. The molecule has 0 N–H and O–H groups in total. The van der Waals surface area contributed by atoms with Crippen LogP contribution in [0.15, 0.2) is 0 Å². The molecule has 5 heavy (non-hydrogen) atoms. The van der Waals surface area contributed by atoms with E-state index in [-0.39, 0.29) is 21.1 Å². The van der Waals surface area contributed by atoms with Crippen molar-refractivity contribution < 1.29 is 21.1 Å². The molecule has 0 saturated heterocycles. The van der Waals surface area contributed by atoms with Crippen molar-refractivity contribution in [2.24, 2.45) is 0 Å². The first kappa shape index (κ1) is 10.0. The smallest absolute Gasteiger partial charge is 0 e. The summed E-state index contributed by atoms with van der Waals surface area (Å²) in [5, 5.41) is 0. The topological polar surface area (TPSA) is 0 Å². The van der Waals surface area contributed by atoms with E-state index in [1.807, 2.05) is 0 Å². The van der Waals surface area contributed by atoms with Gasteiger partial charge in [0.15, 0.2) is 0 Å². The molecule has 0 unspecified atom stereocenters. The first-order chi connectivity index (χ1) is 1.91. The Labute approximate surface area is 62.6 Å². The summed E-state index contributed by atoms with van der Waals surface area (Å²) in [6.07, 6.45) is 0. The van der Waals surface area contributed by atoms with Crippen LogP contribution in [0.5, 0.6) is 0 Å². The van der Waals surface area contributed by atoms with E-state index in [1.165, 1.54) is 9.83 Å². The van der Waals surface area contributed by atoms with Crippen LogP contribution < -0.4 is 0 Å². The zero-order chi connectivity index (χ0) is 3.41. The van der Waals surface area contributed by atoms with E-state index >= 15 is 0 Å². The van der Waals surface area contributed by atoms with Crippen LogP contribution in [0.2, 0.25) is 0 Å². The molecular weight excluding hydrogens is 312 g/mol. The first-order valence-corrected chi connectivity index (χ1v) is 4.93. The molecule has 0 aromatic heterocycles. The number of rotatable bonds is 1. The van der Waals surface area contributed by atoms with Gasteiger partial charge in [-0.15, -0.1) is 0 Å². The van der Waals surface area contributed by atoms with Crippen LogP contribution in [0.25, 0.3) is 0 Å². The van der Waals surface area contributed by atoms with Gasteiger partial charge in [0.2, 0.25) is 0 Å². The number of thiol groups is 2. The van der Waals surface area contributed by atoms with E-state index in [9.17, 15) is 0 Å². The summed E-state index contributed by atoms with van der Waals surface area (Å²) in [6.45, 7) is 0. The summed E-state index contributed by atoms with van der Waals surface area (Å²) in [7, 11) is 2.20. The summed E-state index contributed by atoms with van der Waals surface area (Å²) >= 11 is 8.13. The van der Waals surface area contributed by atoms with Crippen molar-refractivity contribution in [3.63, 3.8) is 0 Å². The average Bonchev–Trinajstić information content (AvgIpc) is 1.37. The fourth-order valence-corrected chi connectivity index (χ4v) is 0. The van der Waals surface area contributed by atoms with Crippen LogP contribution >= 0.6 is 21.5 Å². The van der Waals surface area contributed by atoms with Crippen molar-refractivity contribution in [1.29, 1.82) is 0 Å². The van der Waals surface area contributed by atoms with Crippen LogP contribution in [0.1, 0.15) is 0 Å². The van der Waals surface area contributed by atoms with Crippen molar-refractivity contribution in [2.45, 2.75) is 0 Å². The van der Waals surface area contributed by atoms with Crippen LogP contribution in [0, 0.1) is 0 Å². The van der Waals surface area contributed by atoms with Gasteiger partial charge in [-0.3, -0.25) is 0 Å². The molecule has 0 aromatic carbocycles. The van der Waals surface area contributed by atoms with Gasteiger partial charge in [0.25, 0.3) is 0 Å². The molecule has 0 amide bonds. The molecule has 0 aliphatic carbocycles. The molecule has 0 nitrogen and oxygen atoms in total. The molecule has 0 aliphatic heterocycles. The third-order valence-electron chi connectivity index (χ3n) is 0.0333. The third kappa shape index (κ3) is 10.7. The predicted octanol–water partition coefficient (Wildman–Crippen LogP) is 0.754. The molecule has 32 valence electrons. The van der Waals surface area contributed by atoms with Gasteiger partial charge in [-0.25, -0.2) is 0 Å². The molecule has 5 heteroatoms. The van der Waals surface area contributed by atoms with Gasteiger partial charge < -0.3 is 0 Å². The second kappa shape index (κ2) is 9.35. The monoisotopic (exact) mass is 314 g/mol. The Balaban J connectivity index is 0. The second-order valence-corrected chi connectivity index (χ2v) is 4.22. The van der Waals surface area contributed by atoms with Crippen molar-refractivity contribution in [3.8, 4) is 0 Å². The van der Waals surface area contributed by atoms with Crippen molar-refractivity contribution in [2.75, 3.05) is 0 Å². The fourth-order valence-electron chi connectivity index (χ4n) is 0. The van der Waals surface area contributed by atoms with Crippen LogP contribution in [0.4, 0.5) is 0 Å². The van der Waals surface area contributed by atoms with Gasteiger partial charge in [0.05, 0.1) is 0 Å². The van der Waals surface area contributed by atoms with Crippen LogP contribution in [-0.4, -0.2) is 0 Å². The van der Waals surface area contributed by atoms with E-state index in [4.69, 9.17) is 0 Å². The maximum atomic E-state index is 4.41. The maximum Gasteiger partial charge on any atom is 0 e. The summed E-state index contributed by atoms with van der Waals surface area (Å²) in [6, 6.07) is 0. The van der Waals surface area contributed by atoms with Gasteiger partial charge in [-0.1, -0.05) is 21.0 Å². The van der Waals surface area contributed by atoms with Crippen molar-refractivity contribution >= 4 is 42.0 Å². The molecule has 0 aromatic rings. The standard InChI is InChI=1S/H2S4.W/c1-3-4-2;/h1,4H;. The summed E-state index contributed by atoms with van der Waals surface area (Å²) in [5.41, 5.74) is 0. The minimum absolute atomic E-state index is 0. The number of hydrogen-bond acceptors (Lipinski definition) is 3. The molecular formula is H2S4W. The Morgan fingerprint density at radius 3 is 2.00 bits per heavy atom. The molecule has 0 rings (SSSR count). The first-order valence-electron chi connectivity index (χ1n) is 0.548. The second-order valence-electron chi connectivity index (χ2n) is 0.156. The molecule has 0 heterocycles. The molecule has 0 fully saturated rings. The SMILES string of the molecule is S=[SH]SS.[W]. The quantitative estimate of drug-likeness (QED) is 0.542. The van der Waals surface area contributed by atoms with E-state index in [1.54, 1.807) is 0 Å². The van der Waals surface area contributed by atoms with Crippen molar-refractivity contribution in [1.82, 2.24) is 0 Å². The van der Waals surface area contributed by atoms with E-state index in [2.05, 4.69) is 22.8 Å². The van der Waals surface area contributed by atoms with E-state index in [0.717, 1.165) is 9.35 Å². The summed E-state index contributed by atoms with van der Waals surface area (Å²) in [5.74, 6) is 0. The predicted molar refractivity (Wildman–Crippen MR) is 32.7 cm³/mol. The van der Waals surface area contributed by atoms with Gasteiger partial charge in [0.1, 0.15) is 0 Å². The van der Waals surface area contributed by atoms with E-state index in [0.29, 0.717) is 0 Å². The van der Waals surface area contributed by atoms with Crippen LogP contribution in [-0.2, 0) is 41.6 Å². The van der Waals surface area contributed by atoms with Crippen molar-refractivity contribution in [3.05, 3.63) is 0 Å². The van der Waals surface area contributed by atoms with Gasteiger partial charge in [-0.2, -0.15) is 0 Å². The minimum Gasteiger partial charge on any atom is -0.0997 e. The third-order valence-corrected chi connectivity index (χ3v) is 2.70. The number of hydrogen-bond donors (Lipinski definition) is 2. The summed E-state index contributed by atoms with van der Waals surface area (Å²) < 4.78 is 0. The molecule has 0 radical (unpaired) electrons. The Bertz CT molecular complexity index is 17.6. The van der Waals surface area contributed by atoms with Gasteiger partial charge >= 0.3 is 0 Å².